The summed E-state index contributed by atoms with van der Waals surface area (Å²) in [5, 5.41) is 13.8. The number of ether oxygens (including phenoxy) is 1. The zero-order valence-electron chi connectivity index (χ0n) is 18.5. The number of nitrogens with one attached hydrogen (secondary N) is 1. The quantitative estimate of drug-likeness (QED) is 0.360. The predicted molar refractivity (Wildman–Crippen MR) is 131 cm³/mol. The van der Waals surface area contributed by atoms with Gasteiger partial charge in [0.05, 0.1) is 21.5 Å². The van der Waals surface area contributed by atoms with Gasteiger partial charge >= 0.3 is 6.09 Å². The van der Waals surface area contributed by atoms with Crippen molar-refractivity contribution in [3.8, 4) is 0 Å². The number of rotatable bonds is 7. The van der Waals surface area contributed by atoms with Crippen LogP contribution in [0.25, 0.3) is 0 Å². The van der Waals surface area contributed by atoms with Crippen LogP contribution in [0.1, 0.15) is 17.5 Å². The number of para-hydroxylation sites is 1. The van der Waals surface area contributed by atoms with Gasteiger partial charge in [-0.2, -0.15) is 0 Å². The van der Waals surface area contributed by atoms with Crippen LogP contribution in [0.3, 0.4) is 0 Å². The Morgan fingerprint density at radius 3 is 2.46 bits per heavy atom. The van der Waals surface area contributed by atoms with Crippen molar-refractivity contribution in [1.82, 2.24) is 5.32 Å². The Labute approximate surface area is 207 Å². The number of sulfonamides is 1. The fraction of sp³-hybridized carbons (Fsp3) is 0.208. The van der Waals surface area contributed by atoms with Crippen LogP contribution in [0.15, 0.2) is 77.7 Å². The maximum atomic E-state index is 13.6. The number of aryl methyl sites for hydroxylation is 1. The molecule has 4 rings (SSSR count). The van der Waals surface area contributed by atoms with Crippen molar-refractivity contribution in [3.63, 3.8) is 0 Å². The van der Waals surface area contributed by atoms with Gasteiger partial charge in [-0.1, -0.05) is 41.9 Å². The number of hydrogen-bond acceptors (Lipinski definition) is 6. The van der Waals surface area contributed by atoms with E-state index in [9.17, 15) is 23.3 Å². The molecule has 0 aromatic heterocycles. The molecule has 1 heterocycles. The van der Waals surface area contributed by atoms with Crippen molar-refractivity contribution in [2.24, 2.45) is 0 Å². The first-order valence-electron chi connectivity index (χ1n) is 10.8. The number of amides is 1. The molecule has 1 N–H and O–H groups in total. The first-order valence-corrected chi connectivity index (χ1v) is 12.6. The number of carbonyl (C=O) groups excluding carboxylic acids is 1. The summed E-state index contributed by atoms with van der Waals surface area (Å²) in [6, 6.07) is 18.3. The van der Waals surface area contributed by atoms with Gasteiger partial charge < -0.3 is 10.1 Å². The van der Waals surface area contributed by atoms with Crippen LogP contribution in [0.2, 0.25) is 5.02 Å². The van der Waals surface area contributed by atoms with Gasteiger partial charge in [0.2, 0.25) is 0 Å². The molecule has 1 atom stereocenters. The van der Waals surface area contributed by atoms with Gasteiger partial charge in [0, 0.05) is 23.7 Å². The van der Waals surface area contributed by atoms with E-state index in [0.717, 1.165) is 5.56 Å². The molecule has 1 aliphatic rings. The fourth-order valence-corrected chi connectivity index (χ4v) is 5.73. The molecule has 0 saturated heterocycles. The van der Waals surface area contributed by atoms with Gasteiger partial charge in [0.25, 0.3) is 15.7 Å². The average molecular weight is 516 g/mol. The first-order chi connectivity index (χ1) is 16.8. The minimum atomic E-state index is -3.95. The SMILES string of the molecule is O=C(NCc1ccc([N+](=O)[O-])cc1)OCC1CCc2ccccc2N1S(=O)(=O)c1ccc(Cl)cc1. The number of nitrogens with zero attached hydrogens (tertiary/aromatic N) is 2. The number of nitro groups is 1. The molecule has 0 fully saturated rings. The summed E-state index contributed by atoms with van der Waals surface area (Å²) in [6.07, 6.45) is 0.395. The van der Waals surface area contributed by atoms with E-state index in [-0.39, 0.29) is 23.7 Å². The van der Waals surface area contributed by atoms with Crippen LogP contribution < -0.4 is 9.62 Å². The Bertz CT molecular complexity index is 1330. The zero-order chi connectivity index (χ0) is 25.0. The van der Waals surface area contributed by atoms with E-state index < -0.39 is 27.1 Å². The molecule has 0 radical (unpaired) electrons. The molecule has 3 aromatic rings. The number of benzene rings is 3. The van der Waals surface area contributed by atoms with Gasteiger partial charge in [-0.25, -0.2) is 13.2 Å². The second kappa shape index (κ2) is 10.3. The molecule has 0 aliphatic carbocycles. The van der Waals surface area contributed by atoms with Crippen LogP contribution in [0.4, 0.5) is 16.2 Å². The third-order valence-corrected chi connectivity index (χ3v) is 7.80. The van der Waals surface area contributed by atoms with E-state index >= 15 is 0 Å². The molecule has 0 spiro atoms. The lowest BCUT2D eigenvalue weighted by atomic mass is 9.98. The fourth-order valence-electron chi connectivity index (χ4n) is 3.90. The first kappa shape index (κ1) is 24.5. The van der Waals surface area contributed by atoms with Crippen molar-refractivity contribution in [2.75, 3.05) is 10.9 Å². The number of nitro benzene ring substituents is 1. The van der Waals surface area contributed by atoms with Crippen molar-refractivity contribution in [3.05, 3.63) is 99.1 Å². The van der Waals surface area contributed by atoms with E-state index in [0.29, 0.717) is 29.1 Å². The summed E-state index contributed by atoms with van der Waals surface area (Å²) in [5.74, 6) is 0. The lowest BCUT2D eigenvalue weighted by Crippen LogP contribution is -2.47. The van der Waals surface area contributed by atoms with E-state index in [1.807, 2.05) is 12.1 Å². The molecule has 1 aliphatic heterocycles. The van der Waals surface area contributed by atoms with Crippen LogP contribution in [-0.4, -0.2) is 32.1 Å². The minimum Gasteiger partial charge on any atom is -0.447 e. The van der Waals surface area contributed by atoms with Crippen molar-refractivity contribution < 1.29 is 22.9 Å². The lowest BCUT2D eigenvalue weighted by molar-refractivity contribution is -0.384. The maximum absolute atomic E-state index is 13.6. The summed E-state index contributed by atoms with van der Waals surface area (Å²) < 4.78 is 33.9. The lowest BCUT2D eigenvalue weighted by Gasteiger charge is -2.37. The highest BCUT2D eigenvalue weighted by atomic mass is 35.5. The highest BCUT2D eigenvalue weighted by Gasteiger charge is 2.36. The van der Waals surface area contributed by atoms with Gasteiger partial charge in [0.15, 0.2) is 0 Å². The summed E-state index contributed by atoms with van der Waals surface area (Å²) in [4.78, 5) is 22.7. The largest absolute Gasteiger partial charge is 0.447 e. The molecule has 0 saturated carbocycles. The summed E-state index contributed by atoms with van der Waals surface area (Å²) in [6.45, 7) is -0.0373. The number of halogens is 1. The maximum Gasteiger partial charge on any atom is 0.407 e. The molecule has 11 heteroatoms. The van der Waals surface area contributed by atoms with Crippen molar-refractivity contribution in [2.45, 2.75) is 30.3 Å². The number of anilines is 1. The number of alkyl carbamates (subject to hydrolysis) is 1. The molecular weight excluding hydrogens is 494 g/mol. The van der Waals surface area contributed by atoms with Crippen LogP contribution in [0.5, 0.6) is 0 Å². The molecular formula is C24H22ClN3O6S. The average Bonchev–Trinajstić information content (AvgIpc) is 2.86. The van der Waals surface area contributed by atoms with Gasteiger partial charge in [0.1, 0.15) is 6.61 Å². The van der Waals surface area contributed by atoms with Gasteiger partial charge in [-0.3, -0.25) is 14.4 Å². The van der Waals surface area contributed by atoms with Crippen molar-refractivity contribution >= 4 is 39.1 Å². The number of carbonyl (C=O) groups is 1. The monoisotopic (exact) mass is 515 g/mol. The molecule has 3 aromatic carbocycles. The Balaban J connectivity index is 1.47. The van der Waals surface area contributed by atoms with E-state index in [1.165, 1.54) is 52.8 Å². The Morgan fingerprint density at radius 2 is 1.77 bits per heavy atom. The molecule has 182 valence electrons. The third-order valence-electron chi connectivity index (χ3n) is 5.67. The Kier molecular flexibility index (Phi) is 7.23. The second-order valence-corrected chi connectivity index (χ2v) is 10.2. The Hall–Kier alpha value is -3.63. The summed E-state index contributed by atoms with van der Waals surface area (Å²) in [5.41, 5.74) is 2.06. The number of hydrogen-bond donors (Lipinski definition) is 1. The standard InChI is InChI=1S/C24H22ClN3O6S/c25-19-8-13-22(14-9-19)35(32,33)27-21(12-7-18-3-1-2-4-23(18)27)16-34-24(29)26-15-17-5-10-20(11-6-17)28(30)31/h1-6,8-11,13-14,21H,7,12,15-16H2,(H,26,29). The molecule has 9 nitrogen and oxygen atoms in total. The van der Waals surface area contributed by atoms with Gasteiger partial charge in [-0.15, -0.1) is 0 Å². The predicted octanol–water partition coefficient (Wildman–Crippen LogP) is 4.68. The highest BCUT2D eigenvalue weighted by molar-refractivity contribution is 7.92. The van der Waals surface area contributed by atoms with Gasteiger partial charge in [-0.05, 0) is 54.3 Å². The number of non-ortho nitro benzene ring substituents is 1. The van der Waals surface area contributed by atoms with E-state index in [2.05, 4.69) is 5.32 Å². The molecule has 1 amide bonds. The molecule has 35 heavy (non-hydrogen) atoms. The normalized spacial score (nSPS) is 15.2. The molecule has 1 unspecified atom stereocenters. The minimum absolute atomic E-state index is 0.0455. The topological polar surface area (TPSA) is 119 Å². The second-order valence-electron chi connectivity index (χ2n) is 7.95. The van der Waals surface area contributed by atoms with Crippen LogP contribution in [-0.2, 0) is 27.7 Å². The Morgan fingerprint density at radius 1 is 1.09 bits per heavy atom. The van der Waals surface area contributed by atoms with Crippen LogP contribution >= 0.6 is 11.6 Å². The zero-order valence-corrected chi connectivity index (χ0v) is 20.0. The van der Waals surface area contributed by atoms with Crippen molar-refractivity contribution in [1.29, 1.82) is 0 Å². The smallest absolute Gasteiger partial charge is 0.407 e. The van der Waals surface area contributed by atoms with Crippen LogP contribution in [0, 0.1) is 10.1 Å². The van der Waals surface area contributed by atoms with E-state index in [1.54, 1.807) is 12.1 Å². The highest BCUT2D eigenvalue weighted by Crippen LogP contribution is 2.35. The summed E-state index contributed by atoms with van der Waals surface area (Å²) >= 11 is 5.93. The number of fused-ring (bicyclic) bond motifs is 1. The third kappa shape index (κ3) is 5.55. The van der Waals surface area contributed by atoms with E-state index in [4.69, 9.17) is 16.3 Å². The molecule has 0 bridgehead atoms. The summed E-state index contributed by atoms with van der Waals surface area (Å²) in [7, 11) is -3.95.